The Morgan fingerprint density at radius 1 is 1.33 bits per heavy atom. The average molecular weight is 316 g/mol. The minimum absolute atomic E-state index is 0.171. The Kier molecular flexibility index (Phi) is 3.65. The lowest BCUT2D eigenvalue weighted by Gasteiger charge is -2.14. The van der Waals surface area contributed by atoms with Gasteiger partial charge in [-0.25, -0.2) is 13.8 Å². The van der Waals surface area contributed by atoms with Gasteiger partial charge in [0.05, 0.1) is 5.69 Å². The van der Waals surface area contributed by atoms with Crippen molar-refractivity contribution in [3.05, 3.63) is 40.6 Å². The third-order valence-electron chi connectivity index (χ3n) is 2.47. The molecule has 1 aromatic carbocycles. The van der Waals surface area contributed by atoms with Gasteiger partial charge in [0, 0.05) is 29.0 Å². The average Bonchev–Trinajstić information content (AvgIpc) is 2.71. The summed E-state index contributed by atoms with van der Waals surface area (Å²) in [5.41, 5.74) is 0.171. The van der Waals surface area contributed by atoms with Crippen LogP contribution in [0.25, 0.3) is 0 Å². The highest BCUT2D eigenvalue weighted by molar-refractivity contribution is 9.10. The summed E-state index contributed by atoms with van der Waals surface area (Å²) in [7, 11) is 0. The Morgan fingerprint density at radius 2 is 2.06 bits per heavy atom. The fourth-order valence-electron chi connectivity index (χ4n) is 1.60. The van der Waals surface area contributed by atoms with E-state index in [1.54, 1.807) is 12.4 Å². The van der Waals surface area contributed by atoms with Gasteiger partial charge in [-0.15, -0.1) is 0 Å². The van der Waals surface area contributed by atoms with Crippen molar-refractivity contribution >= 4 is 27.6 Å². The van der Waals surface area contributed by atoms with E-state index in [1.165, 1.54) is 6.07 Å². The van der Waals surface area contributed by atoms with E-state index in [1.807, 2.05) is 18.4 Å². The molecule has 0 aliphatic rings. The van der Waals surface area contributed by atoms with Crippen molar-refractivity contribution in [1.29, 1.82) is 0 Å². The highest BCUT2D eigenvalue weighted by Gasteiger charge is 2.13. The maximum atomic E-state index is 13.7. The lowest BCUT2D eigenvalue weighted by atomic mass is 10.3. The van der Waals surface area contributed by atoms with E-state index in [9.17, 15) is 8.78 Å². The molecule has 3 nitrogen and oxygen atoms in total. The summed E-state index contributed by atoms with van der Waals surface area (Å²) in [5.74, 6) is -0.784. The molecule has 6 heteroatoms. The number of benzene rings is 1. The van der Waals surface area contributed by atoms with Crippen LogP contribution in [-0.4, -0.2) is 9.55 Å². The molecule has 0 unspecified atom stereocenters. The number of imidazole rings is 1. The lowest BCUT2D eigenvalue weighted by Crippen LogP contribution is -2.06. The number of nitrogens with zero attached hydrogens (tertiary/aromatic N) is 2. The molecule has 2 rings (SSSR count). The Morgan fingerprint density at radius 3 is 2.67 bits per heavy atom. The van der Waals surface area contributed by atoms with Gasteiger partial charge < -0.3 is 9.88 Å². The standard InChI is InChI=1S/C12H12BrF2N3/c1-7(2)18-4-3-16-12(18)17-11-9(13)5-8(14)6-10(11)15/h3-7H,1-2H3,(H,16,17). The van der Waals surface area contributed by atoms with Gasteiger partial charge in [-0.05, 0) is 35.8 Å². The second kappa shape index (κ2) is 5.06. The van der Waals surface area contributed by atoms with Crippen molar-refractivity contribution in [2.45, 2.75) is 19.9 Å². The highest BCUT2D eigenvalue weighted by atomic mass is 79.9. The van der Waals surface area contributed by atoms with Crippen molar-refractivity contribution < 1.29 is 8.78 Å². The van der Waals surface area contributed by atoms with E-state index in [2.05, 4.69) is 26.2 Å². The van der Waals surface area contributed by atoms with E-state index in [0.717, 1.165) is 6.07 Å². The van der Waals surface area contributed by atoms with Crippen LogP contribution >= 0.6 is 15.9 Å². The van der Waals surface area contributed by atoms with E-state index >= 15 is 0 Å². The topological polar surface area (TPSA) is 29.9 Å². The lowest BCUT2D eigenvalue weighted by molar-refractivity contribution is 0.582. The first-order valence-electron chi connectivity index (χ1n) is 5.43. The molecule has 0 atom stereocenters. The molecule has 0 saturated heterocycles. The monoisotopic (exact) mass is 315 g/mol. The molecule has 0 aliphatic carbocycles. The second-order valence-corrected chi connectivity index (χ2v) is 4.98. The molecule has 0 amide bonds. The zero-order valence-electron chi connectivity index (χ0n) is 9.92. The Hall–Kier alpha value is -1.43. The fourth-order valence-corrected chi connectivity index (χ4v) is 2.11. The molecule has 0 spiro atoms. The third-order valence-corrected chi connectivity index (χ3v) is 3.09. The number of nitrogens with one attached hydrogen (secondary N) is 1. The van der Waals surface area contributed by atoms with Crippen molar-refractivity contribution in [1.82, 2.24) is 9.55 Å². The summed E-state index contributed by atoms with van der Waals surface area (Å²) in [5, 5.41) is 2.86. The number of halogens is 3. The summed E-state index contributed by atoms with van der Waals surface area (Å²) in [6, 6.07) is 2.22. The first kappa shape index (κ1) is 13.0. The number of rotatable bonds is 3. The first-order valence-corrected chi connectivity index (χ1v) is 6.22. The van der Waals surface area contributed by atoms with E-state index in [0.29, 0.717) is 10.4 Å². The molecular weight excluding hydrogens is 304 g/mol. The summed E-state index contributed by atoms with van der Waals surface area (Å²) in [6.07, 6.45) is 3.42. The van der Waals surface area contributed by atoms with Crippen molar-refractivity contribution in [3.63, 3.8) is 0 Å². The number of hydrogen-bond acceptors (Lipinski definition) is 2. The Bertz CT molecular complexity index is 543. The smallest absolute Gasteiger partial charge is 0.207 e. The molecular formula is C12H12BrF2N3. The molecule has 0 fully saturated rings. The molecule has 96 valence electrons. The molecule has 0 bridgehead atoms. The molecule has 18 heavy (non-hydrogen) atoms. The predicted octanol–water partition coefficient (Wildman–Crippen LogP) is 4.25. The van der Waals surface area contributed by atoms with Gasteiger partial charge >= 0.3 is 0 Å². The van der Waals surface area contributed by atoms with Crippen LogP contribution in [0.3, 0.4) is 0 Å². The summed E-state index contributed by atoms with van der Waals surface area (Å²) in [4.78, 5) is 4.11. The molecule has 0 radical (unpaired) electrons. The molecule has 2 aromatic rings. The van der Waals surface area contributed by atoms with Gasteiger partial charge in [-0.1, -0.05) is 0 Å². The molecule has 0 aliphatic heterocycles. The number of anilines is 2. The first-order chi connectivity index (χ1) is 8.49. The Labute approximate surface area is 112 Å². The van der Waals surface area contributed by atoms with Crippen LogP contribution in [0.15, 0.2) is 29.0 Å². The normalized spacial score (nSPS) is 11.0. The van der Waals surface area contributed by atoms with Crippen LogP contribution in [-0.2, 0) is 0 Å². The van der Waals surface area contributed by atoms with Crippen LogP contribution in [0.1, 0.15) is 19.9 Å². The van der Waals surface area contributed by atoms with E-state index < -0.39 is 11.6 Å². The molecule has 1 heterocycles. The molecule has 1 aromatic heterocycles. The number of hydrogen-bond donors (Lipinski definition) is 1. The summed E-state index contributed by atoms with van der Waals surface area (Å²) < 4.78 is 28.8. The molecule has 1 N–H and O–H groups in total. The fraction of sp³-hybridized carbons (Fsp3) is 0.250. The van der Waals surface area contributed by atoms with Crippen LogP contribution < -0.4 is 5.32 Å². The zero-order valence-corrected chi connectivity index (χ0v) is 11.5. The van der Waals surface area contributed by atoms with Gasteiger partial charge in [0.2, 0.25) is 5.95 Å². The van der Waals surface area contributed by atoms with Crippen LogP contribution in [0.5, 0.6) is 0 Å². The van der Waals surface area contributed by atoms with Gasteiger partial charge in [0.1, 0.15) is 5.82 Å². The van der Waals surface area contributed by atoms with Crippen molar-refractivity contribution in [2.24, 2.45) is 0 Å². The summed E-state index contributed by atoms with van der Waals surface area (Å²) >= 11 is 3.13. The SMILES string of the molecule is CC(C)n1ccnc1Nc1c(F)cc(F)cc1Br. The maximum absolute atomic E-state index is 13.7. The maximum Gasteiger partial charge on any atom is 0.207 e. The van der Waals surface area contributed by atoms with Gasteiger partial charge in [-0.3, -0.25) is 0 Å². The molecule has 0 saturated carbocycles. The van der Waals surface area contributed by atoms with Gasteiger partial charge in [-0.2, -0.15) is 0 Å². The van der Waals surface area contributed by atoms with Crippen molar-refractivity contribution in [2.75, 3.05) is 5.32 Å². The summed E-state index contributed by atoms with van der Waals surface area (Å²) in [6.45, 7) is 3.98. The number of aromatic nitrogens is 2. The quantitative estimate of drug-likeness (QED) is 0.917. The largest absolute Gasteiger partial charge is 0.322 e. The highest BCUT2D eigenvalue weighted by Crippen LogP contribution is 2.29. The van der Waals surface area contributed by atoms with Crippen LogP contribution in [0, 0.1) is 11.6 Å². The van der Waals surface area contributed by atoms with Crippen LogP contribution in [0.2, 0.25) is 0 Å². The third kappa shape index (κ3) is 2.53. The van der Waals surface area contributed by atoms with Crippen LogP contribution in [0.4, 0.5) is 20.4 Å². The van der Waals surface area contributed by atoms with Gasteiger partial charge in [0.25, 0.3) is 0 Å². The van der Waals surface area contributed by atoms with Crippen molar-refractivity contribution in [3.8, 4) is 0 Å². The predicted molar refractivity (Wildman–Crippen MR) is 70.0 cm³/mol. The van der Waals surface area contributed by atoms with Gasteiger partial charge in [0.15, 0.2) is 5.82 Å². The second-order valence-electron chi connectivity index (χ2n) is 4.12. The minimum atomic E-state index is -0.666. The van der Waals surface area contributed by atoms with E-state index in [-0.39, 0.29) is 11.7 Å². The van der Waals surface area contributed by atoms with E-state index in [4.69, 9.17) is 0 Å². The Balaban J connectivity index is 2.37. The zero-order chi connectivity index (χ0) is 13.3. The minimum Gasteiger partial charge on any atom is -0.322 e.